The molecule has 0 fully saturated rings. The van der Waals surface area contributed by atoms with Gasteiger partial charge in [-0.05, 0) is 55.5 Å². The van der Waals surface area contributed by atoms with Crippen molar-refractivity contribution in [1.29, 1.82) is 0 Å². The molecule has 2 rings (SSSR count). The maximum atomic E-state index is 13.8. The maximum absolute atomic E-state index is 13.8. The van der Waals surface area contributed by atoms with Crippen LogP contribution in [0, 0.1) is 20.8 Å². The highest BCUT2D eigenvalue weighted by atomic mass is 32.2. The topological polar surface area (TPSA) is 90.0 Å². The Labute approximate surface area is 203 Å². The summed E-state index contributed by atoms with van der Waals surface area (Å²) in [6, 6.07) is 12.4. The lowest BCUT2D eigenvalue weighted by molar-refractivity contribution is -0.140. The number of carbonyl (C=O) groups excluding carboxylic acids is 2. The predicted octanol–water partition coefficient (Wildman–Crippen LogP) is 2.78. The Balaban J connectivity index is 2.56. The first-order valence-corrected chi connectivity index (χ1v) is 12.7. The quantitative estimate of drug-likeness (QED) is 0.557. The van der Waals surface area contributed by atoms with Gasteiger partial charge >= 0.3 is 10.2 Å². The molecule has 186 valence electrons. The Hall–Kier alpha value is -2.91. The van der Waals surface area contributed by atoms with E-state index < -0.39 is 28.7 Å². The summed E-state index contributed by atoms with van der Waals surface area (Å²) in [4.78, 5) is 27.9. The molecule has 0 spiro atoms. The molecule has 1 N–H and O–H groups in total. The minimum absolute atomic E-state index is 0.195. The van der Waals surface area contributed by atoms with Gasteiger partial charge in [0, 0.05) is 27.7 Å². The number of hydrogen-bond donors (Lipinski definition) is 1. The smallest absolute Gasteiger partial charge is 0.304 e. The van der Waals surface area contributed by atoms with E-state index in [1.54, 1.807) is 6.07 Å². The van der Waals surface area contributed by atoms with Crippen LogP contribution >= 0.6 is 0 Å². The minimum Gasteiger partial charge on any atom is -0.357 e. The summed E-state index contributed by atoms with van der Waals surface area (Å²) in [6.45, 7) is 7.22. The monoisotopic (exact) mass is 488 g/mol. The molecule has 0 unspecified atom stereocenters. The highest BCUT2D eigenvalue weighted by Crippen LogP contribution is 2.26. The molecule has 0 bridgehead atoms. The number of nitrogens with zero attached hydrogens (tertiary/aromatic N) is 3. The second-order valence-corrected chi connectivity index (χ2v) is 10.6. The Bertz CT molecular complexity index is 1130. The molecule has 8 nitrogen and oxygen atoms in total. The average molecular weight is 489 g/mol. The van der Waals surface area contributed by atoms with E-state index in [4.69, 9.17) is 0 Å². The van der Waals surface area contributed by atoms with Gasteiger partial charge in [0.1, 0.15) is 12.6 Å². The maximum Gasteiger partial charge on any atom is 0.304 e. The molecular formula is C25H36N4O4S. The van der Waals surface area contributed by atoms with Crippen LogP contribution in [0.15, 0.2) is 42.5 Å². The van der Waals surface area contributed by atoms with Crippen molar-refractivity contribution in [3.8, 4) is 0 Å². The van der Waals surface area contributed by atoms with Crippen LogP contribution in [0.5, 0.6) is 0 Å². The molecule has 0 aromatic heterocycles. The number of carbonyl (C=O) groups is 2. The number of anilines is 1. The molecule has 0 aliphatic carbocycles. The summed E-state index contributed by atoms with van der Waals surface area (Å²) in [6.07, 6.45) is 0.390. The molecule has 0 aliphatic heterocycles. The fourth-order valence-electron chi connectivity index (χ4n) is 3.75. The van der Waals surface area contributed by atoms with Crippen LogP contribution in [0.3, 0.4) is 0 Å². The molecule has 0 radical (unpaired) electrons. The van der Waals surface area contributed by atoms with Crippen molar-refractivity contribution in [3.63, 3.8) is 0 Å². The van der Waals surface area contributed by atoms with Crippen LogP contribution in [-0.2, 0) is 26.3 Å². The second-order valence-electron chi connectivity index (χ2n) is 8.57. The highest BCUT2D eigenvalue weighted by Gasteiger charge is 2.34. The Morgan fingerprint density at radius 3 is 2.21 bits per heavy atom. The van der Waals surface area contributed by atoms with Gasteiger partial charge in [-0.3, -0.25) is 9.59 Å². The molecule has 0 aliphatic rings. The second kappa shape index (κ2) is 11.5. The van der Waals surface area contributed by atoms with Crippen molar-refractivity contribution < 1.29 is 18.0 Å². The van der Waals surface area contributed by atoms with Gasteiger partial charge < -0.3 is 10.2 Å². The summed E-state index contributed by atoms with van der Waals surface area (Å²) in [7, 11) is 0.413. The zero-order valence-electron chi connectivity index (χ0n) is 21.1. The third-order valence-corrected chi connectivity index (χ3v) is 7.69. The van der Waals surface area contributed by atoms with E-state index in [2.05, 4.69) is 5.32 Å². The van der Waals surface area contributed by atoms with Crippen LogP contribution < -0.4 is 9.62 Å². The first-order valence-electron chi connectivity index (χ1n) is 11.3. The van der Waals surface area contributed by atoms with Gasteiger partial charge in [0.15, 0.2) is 0 Å². The number of benzene rings is 2. The molecule has 2 amide bonds. The number of rotatable bonds is 10. The summed E-state index contributed by atoms with van der Waals surface area (Å²) in [5, 5.41) is 2.63. The van der Waals surface area contributed by atoms with Crippen molar-refractivity contribution in [2.45, 2.75) is 46.7 Å². The third-order valence-electron chi connectivity index (χ3n) is 5.89. The SMILES string of the molecule is CC[C@H](C(=O)NC)N(Cc1ccccc1C)C(=O)CN(c1cc(C)ccc1C)S(=O)(=O)N(C)C. The minimum atomic E-state index is -3.98. The Morgan fingerprint density at radius 2 is 1.65 bits per heavy atom. The summed E-state index contributed by atoms with van der Waals surface area (Å²) >= 11 is 0. The van der Waals surface area contributed by atoms with Gasteiger partial charge in [-0.15, -0.1) is 0 Å². The first kappa shape index (κ1) is 27.3. The van der Waals surface area contributed by atoms with Gasteiger partial charge in [0.2, 0.25) is 11.8 Å². The number of amides is 2. The van der Waals surface area contributed by atoms with Gasteiger partial charge in [-0.2, -0.15) is 12.7 Å². The van der Waals surface area contributed by atoms with Crippen LogP contribution in [0.4, 0.5) is 5.69 Å². The van der Waals surface area contributed by atoms with Gasteiger partial charge in [0.05, 0.1) is 5.69 Å². The average Bonchev–Trinajstić information content (AvgIpc) is 2.79. The lowest BCUT2D eigenvalue weighted by Gasteiger charge is -2.34. The zero-order chi connectivity index (χ0) is 25.6. The molecule has 1 atom stereocenters. The summed E-state index contributed by atoms with van der Waals surface area (Å²) in [5.41, 5.74) is 3.92. The van der Waals surface area contributed by atoms with Gasteiger partial charge in [-0.1, -0.05) is 43.3 Å². The van der Waals surface area contributed by atoms with E-state index in [9.17, 15) is 18.0 Å². The third kappa shape index (κ3) is 6.15. The first-order chi connectivity index (χ1) is 15.9. The molecule has 0 heterocycles. The molecule has 0 saturated carbocycles. The van der Waals surface area contributed by atoms with Gasteiger partial charge in [-0.25, -0.2) is 4.31 Å². The summed E-state index contributed by atoms with van der Waals surface area (Å²) in [5.74, 6) is -0.747. The number of hydrogen-bond acceptors (Lipinski definition) is 4. The highest BCUT2D eigenvalue weighted by molar-refractivity contribution is 7.90. The van der Waals surface area contributed by atoms with E-state index >= 15 is 0 Å². The van der Waals surface area contributed by atoms with Crippen LogP contribution in [0.25, 0.3) is 0 Å². The fourth-order valence-corrected chi connectivity index (χ4v) is 4.86. The Kier molecular flexibility index (Phi) is 9.23. The summed E-state index contributed by atoms with van der Waals surface area (Å²) < 4.78 is 28.8. The molecule has 2 aromatic carbocycles. The van der Waals surface area contributed by atoms with Crippen molar-refractivity contribution in [1.82, 2.24) is 14.5 Å². The molecule has 2 aromatic rings. The number of aryl methyl sites for hydroxylation is 3. The molecule has 9 heteroatoms. The van der Waals surface area contributed by atoms with Crippen LogP contribution in [0.2, 0.25) is 0 Å². The molecular weight excluding hydrogens is 452 g/mol. The molecule has 34 heavy (non-hydrogen) atoms. The van der Waals surface area contributed by atoms with E-state index in [0.29, 0.717) is 12.1 Å². The van der Waals surface area contributed by atoms with Gasteiger partial charge in [0.25, 0.3) is 0 Å². The zero-order valence-corrected chi connectivity index (χ0v) is 21.9. The predicted molar refractivity (Wildman–Crippen MR) is 136 cm³/mol. The van der Waals surface area contributed by atoms with E-state index in [1.807, 2.05) is 64.1 Å². The Morgan fingerprint density at radius 1 is 1.00 bits per heavy atom. The van der Waals surface area contributed by atoms with E-state index in [1.165, 1.54) is 26.0 Å². The van der Waals surface area contributed by atoms with E-state index in [0.717, 1.165) is 30.9 Å². The fraction of sp³-hybridized carbons (Fsp3) is 0.440. The van der Waals surface area contributed by atoms with Crippen molar-refractivity contribution >= 4 is 27.7 Å². The van der Waals surface area contributed by atoms with Crippen molar-refractivity contribution in [2.75, 3.05) is 32.0 Å². The normalized spacial score (nSPS) is 12.4. The van der Waals surface area contributed by atoms with Crippen molar-refractivity contribution in [3.05, 3.63) is 64.7 Å². The standard InChI is InChI=1S/C25H36N4O4S/c1-8-22(25(31)26-5)28(16-21-12-10-9-11-19(21)3)24(30)17-29(34(32,33)27(6)7)23-15-18(2)13-14-20(23)4/h9-15,22H,8,16-17H2,1-7H3,(H,26,31)/t22-/m1/s1. The largest absolute Gasteiger partial charge is 0.357 e. The van der Waals surface area contributed by atoms with Crippen LogP contribution in [0.1, 0.15) is 35.6 Å². The molecule has 0 saturated heterocycles. The lowest BCUT2D eigenvalue weighted by Crippen LogP contribution is -2.53. The van der Waals surface area contributed by atoms with Crippen molar-refractivity contribution in [2.24, 2.45) is 0 Å². The number of nitrogens with one attached hydrogen (secondary N) is 1. The lowest BCUT2D eigenvalue weighted by atomic mass is 10.1. The van der Waals surface area contributed by atoms with E-state index in [-0.39, 0.29) is 12.5 Å². The van der Waals surface area contributed by atoms with Crippen LogP contribution in [-0.4, -0.2) is 63.2 Å². The number of likely N-dealkylation sites (N-methyl/N-ethyl adjacent to an activating group) is 1.